The predicted octanol–water partition coefficient (Wildman–Crippen LogP) is 2.35. The van der Waals surface area contributed by atoms with Gasteiger partial charge in [-0.2, -0.15) is 0 Å². The van der Waals surface area contributed by atoms with Gasteiger partial charge < -0.3 is 0 Å². The molecular formula is C16H20N2O2S. The van der Waals surface area contributed by atoms with Gasteiger partial charge in [-0.3, -0.25) is 4.98 Å². The molecule has 112 valence electrons. The first-order valence-corrected chi connectivity index (χ1v) is 8.67. The first kappa shape index (κ1) is 15.7. The van der Waals surface area contributed by atoms with Gasteiger partial charge in [0.1, 0.15) is 0 Å². The Labute approximate surface area is 126 Å². The Kier molecular flexibility index (Phi) is 5.47. The minimum Gasteiger partial charge on any atom is -0.264 e. The van der Waals surface area contributed by atoms with Crippen LogP contribution in [0.15, 0.2) is 54.9 Å². The van der Waals surface area contributed by atoms with Crippen LogP contribution >= 0.6 is 0 Å². The zero-order chi connectivity index (χ0) is 15.1. The van der Waals surface area contributed by atoms with Gasteiger partial charge in [-0.15, -0.1) is 0 Å². The van der Waals surface area contributed by atoms with E-state index in [9.17, 15) is 8.42 Å². The zero-order valence-electron chi connectivity index (χ0n) is 12.1. The van der Waals surface area contributed by atoms with Crippen LogP contribution in [0.25, 0.3) is 0 Å². The van der Waals surface area contributed by atoms with Crippen LogP contribution in [0.3, 0.4) is 0 Å². The number of nitrogens with zero attached hydrogens (tertiary/aromatic N) is 1. The van der Waals surface area contributed by atoms with E-state index in [1.807, 2.05) is 48.7 Å². The topological polar surface area (TPSA) is 59.1 Å². The molecule has 1 aromatic carbocycles. The van der Waals surface area contributed by atoms with Crippen molar-refractivity contribution in [2.24, 2.45) is 0 Å². The molecule has 4 nitrogen and oxygen atoms in total. The normalized spacial score (nSPS) is 13.0. The second-order valence-electron chi connectivity index (χ2n) is 4.92. The Balaban J connectivity index is 2.15. The number of hydrogen-bond acceptors (Lipinski definition) is 3. The van der Waals surface area contributed by atoms with Crippen molar-refractivity contribution in [1.82, 2.24) is 9.71 Å². The molecule has 0 saturated carbocycles. The molecule has 0 radical (unpaired) electrons. The number of benzene rings is 1. The number of aromatic nitrogens is 1. The fourth-order valence-electron chi connectivity index (χ4n) is 2.17. The van der Waals surface area contributed by atoms with Crippen molar-refractivity contribution in [1.29, 1.82) is 0 Å². The lowest BCUT2D eigenvalue weighted by atomic mass is 9.93. The third-order valence-electron chi connectivity index (χ3n) is 3.41. The summed E-state index contributed by atoms with van der Waals surface area (Å²) in [5, 5.41) is 0. The highest BCUT2D eigenvalue weighted by Crippen LogP contribution is 2.20. The van der Waals surface area contributed by atoms with Gasteiger partial charge in [-0.1, -0.05) is 36.4 Å². The second-order valence-corrected chi connectivity index (χ2v) is 7.02. The van der Waals surface area contributed by atoms with E-state index in [2.05, 4.69) is 9.71 Å². The van der Waals surface area contributed by atoms with E-state index < -0.39 is 10.0 Å². The molecule has 21 heavy (non-hydrogen) atoms. The van der Waals surface area contributed by atoms with Crippen molar-refractivity contribution in [3.05, 3.63) is 66.0 Å². The van der Waals surface area contributed by atoms with Crippen LogP contribution in [0.2, 0.25) is 0 Å². The number of rotatable bonds is 7. The minimum absolute atomic E-state index is 0.0942. The van der Waals surface area contributed by atoms with Crippen molar-refractivity contribution >= 4 is 10.0 Å². The summed E-state index contributed by atoms with van der Waals surface area (Å²) in [5.74, 6) is 0.193. The molecule has 1 atom stereocenters. The van der Waals surface area contributed by atoms with Crippen LogP contribution in [0.5, 0.6) is 0 Å². The van der Waals surface area contributed by atoms with E-state index in [-0.39, 0.29) is 11.7 Å². The van der Waals surface area contributed by atoms with Gasteiger partial charge in [-0.05, 0) is 30.5 Å². The van der Waals surface area contributed by atoms with Crippen LogP contribution in [-0.4, -0.2) is 25.7 Å². The quantitative estimate of drug-likeness (QED) is 0.854. The molecule has 2 rings (SSSR count). The van der Waals surface area contributed by atoms with E-state index in [1.54, 1.807) is 13.1 Å². The summed E-state index contributed by atoms with van der Waals surface area (Å²) in [7, 11) is -3.18. The Bertz CT molecular complexity index is 642. The van der Waals surface area contributed by atoms with E-state index in [4.69, 9.17) is 0 Å². The molecule has 1 unspecified atom stereocenters. The fraction of sp³-hybridized carbons (Fsp3) is 0.312. The lowest BCUT2D eigenvalue weighted by Crippen LogP contribution is -2.30. The van der Waals surface area contributed by atoms with Crippen molar-refractivity contribution in [2.45, 2.75) is 19.3 Å². The number of pyridine rings is 1. The summed E-state index contributed by atoms with van der Waals surface area (Å²) in [6.45, 7) is 2.04. The summed E-state index contributed by atoms with van der Waals surface area (Å²) < 4.78 is 26.0. The van der Waals surface area contributed by atoms with E-state index in [0.29, 0.717) is 6.54 Å². The zero-order valence-corrected chi connectivity index (χ0v) is 12.9. The monoisotopic (exact) mass is 304 g/mol. The molecule has 0 aliphatic rings. The van der Waals surface area contributed by atoms with E-state index in [1.165, 1.54) is 0 Å². The molecule has 0 amide bonds. The largest absolute Gasteiger partial charge is 0.264 e. The molecule has 1 aromatic heterocycles. The van der Waals surface area contributed by atoms with Gasteiger partial charge in [-0.25, -0.2) is 13.1 Å². The lowest BCUT2D eigenvalue weighted by Gasteiger charge is -2.18. The molecule has 1 N–H and O–H groups in total. The number of nitrogens with one attached hydrogen (secondary N) is 1. The number of sulfonamides is 1. The summed E-state index contributed by atoms with van der Waals surface area (Å²) in [6, 6.07) is 13.9. The third-order valence-corrected chi connectivity index (χ3v) is 4.77. The molecule has 0 spiro atoms. The van der Waals surface area contributed by atoms with Gasteiger partial charge in [0.25, 0.3) is 0 Å². The van der Waals surface area contributed by atoms with Crippen molar-refractivity contribution in [3.8, 4) is 0 Å². The van der Waals surface area contributed by atoms with Crippen LogP contribution in [0.4, 0.5) is 0 Å². The number of hydrogen-bond donors (Lipinski definition) is 1. The first-order valence-electron chi connectivity index (χ1n) is 7.02. The molecule has 0 fully saturated rings. The molecule has 0 aliphatic heterocycles. The van der Waals surface area contributed by atoms with Crippen molar-refractivity contribution < 1.29 is 8.42 Å². The summed E-state index contributed by atoms with van der Waals surface area (Å²) in [6.07, 6.45) is 4.31. The molecule has 0 aliphatic carbocycles. The third kappa shape index (κ3) is 4.95. The van der Waals surface area contributed by atoms with Gasteiger partial charge >= 0.3 is 0 Å². The highest BCUT2D eigenvalue weighted by molar-refractivity contribution is 7.89. The highest BCUT2D eigenvalue weighted by Gasteiger charge is 2.15. The summed E-state index contributed by atoms with van der Waals surface area (Å²) in [4.78, 5) is 4.12. The maximum atomic E-state index is 11.7. The van der Waals surface area contributed by atoms with Crippen LogP contribution in [0.1, 0.15) is 24.0 Å². The van der Waals surface area contributed by atoms with E-state index in [0.717, 1.165) is 17.5 Å². The Morgan fingerprint density at radius 2 is 1.90 bits per heavy atom. The van der Waals surface area contributed by atoms with Crippen molar-refractivity contribution in [2.75, 3.05) is 12.3 Å². The van der Waals surface area contributed by atoms with Crippen LogP contribution in [-0.2, 0) is 16.4 Å². The van der Waals surface area contributed by atoms with Crippen LogP contribution in [0, 0.1) is 0 Å². The maximum Gasteiger partial charge on any atom is 0.211 e. The maximum absolute atomic E-state index is 11.7. The predicted molar refractivity (Wildman–Crippen MR) is 84.6 cm³/mol. The van der Waals surface area contributed by atoms with E-state index >= 15 is 0 Å². The lowest BCUT2D eigenvalue weighted by molar-refractivity contribution is 0.569. The molecule has 5 heteroatoms. The summed E-state index contributed by atoms with van der Waals surface area (Å²) in [5.41, 5.74) is 2.22. The first-order chi connectivity index (χ1) is 10.1. The minimum atomic E-state index is -3.18. The standard InChI is InChI=1S/C16H20N2O2S/c1-2-21(19,20)18-13-16(15-8-4-3-5-9-15)11-14-7-6-10-17-12-14/h3-10,12,16,18H,2,11,13H2,1H3. The van der Waals surface area contributed by atoms with Crippen LogP contribution < -0.4 is 4.72 Å². The second kappa shape index (κ2) is 7.33. The smallest absolute Gasteiger partial charge is 0.211 e. The van der Waals surface area contributed by atoms with Gasteiger partial charge in [0.15, 0.2) is 0 Å². The average Bonchev–Trinajstić information content (AvgIpc) is 2.53. The molecular weight excluding hydrogens is 284 g/mol. The molecule has 1 heterocycles. The Hall–Kier alpha value is -1.72. The molecule has 2 aromatic rings. The highest BCUT2D eigenvalue weighted by atomic mass is 32.2. The molecule has 0 saturated heterocycles. The Morgan fingerprint density at radius 3 is 2.52 bits per heavy atom. The fourth-order valence-corrected chi connectivity index (χ4v) is 2.83. The summed E-state index contributed by atoms with van der Waals surface area (Å²) >= 11 is 0. The average molecular weight is 304 g/mol. The Morgan fingerprint density at radius 1 is 1.14 bits per heavy atom. The SMILES string of the molecule is CCS(=O)(=O)NCC(Cc1cccnc1)c1ccccc1. The van der Waals surface area contributed by atoms with Crippen molar-refractivity contribution in [3.63, 3.8) is 0 Å². The van der Waals surface area contributed by atoms with Gasteiger partial charge in [0, 0.05) is 24.9 Å². The van der Waals surface area contributed by atoms with Gasteiger partial charge in [0.2, 0.25) is 10.0 Å². The molecule has 0 bridgehead atoms. The van der Waals surface area contributed by atoms with Gasteiger partial charge in [0.05, 0.1) is 5.75 Å².